The van der Waals surface area contributed by atoms with Crippen LogP contribution in [-0.4, -0.2) is 36.6 Å². The molecular formula is C17H20N4O3. The molecule has 0 aliphatic carbocycles. The molecule has 0 spiro atoms. The van der Waals surface area contributed by atoms with Crippen LogP contribution < -0.4 is 15.5 Å². The summed E-state index contributed by atoms with van der Waals surface area (Å²) in [5.74, 6) is 0.500. The minimum Gasteiger partial charge on any atom is -0.361 e. The molecule has 1 aliphatic heterocycles. The second kappa shape index (κ2) is 6.74. The second-order valence-corrected chi connectivity index (χ2v) is 5.82. The van der Waals surface area contributed by atoms with Crippen LogP contribution in [0.4, 0.5) is 11.4 Å². The number of para-hydroxylation sites is 2. The lowest BCUT2D eigenvalue weighted by molar-refractivity contribution is -0.120. The molecule has 126 valence electrons. The highest BCUT2D eigenvalue weighted by atomic mass is 16.5. The van der Waals surface area contributed by atoms with Crippen molar-refractivity contribution < 1.29 is 14.1 Å². The molecule has 1 fully saturated rings. The number of benzene rings is 1. The van der Waals surface area contributed by atoms with Crippen molar-refractivity contribution in [2.75, 3.05) is 29.9 Å². The zero-order valence-electron chi connectivity index (χ0n) is 13.8. The van der Waals surface area contributed by atoms with E-state index >= 15 is 0 Å². The third kappa shape index (κ3) is 3.40. The Labute approximate surface area is 140 Å². The highest BCUT2D eigenvalue weighted by Gasteiger charge is 2.20. The number of aromatic nitrogens is 1. The number of hydrogen-bond acceptors (Lipinski definition) is 5. The van der Waals surface area contributed by atoms with Gasteiger partial charge in [0, 0.05) is 18.7 Å². The van der Waals surface area contributed by atoms with Crippen LogP contribution in [0.5, 0.6) is 0 Å². The van der Waals surface area contributed by atoms with Crippen molar-refractivity contribution in [2.24, 2.45) is 0 Å². The van der Waals surface area contributed by atoms with Crippen molar-refractivity contribution in [1.29, 1.82) is 0 Å². The normalized spacial score (nSPS) is 14.4. The van der Waals surface area contributed by atoms with Crippen LogP contribution in [-0.2, 0) is 16.0 Å². The number of rotatable bonds is 4. The van der Waals surface area contributed by atoms with Gasteiger partial charge in [-0.2, -0.15) is 0 Å². The van der Waals surface area contributed by atoms with Crippen LogP contribution >= 0.6 is 0 Å². The van der Waals surface area contributed by atoms with Gasteiger partial charge in [0.2, 0.25) is 11.8 Å². The zero-order chi connectivity index (χ0) is 17.1. The van der Waals surface area contributed by atoms with E-state index in [0.717, 1.165) is 16.9 Å². The number of amides is 2. The summed E-state index contributed by atoms with van der Waals surface area (Å²) in [6, 6.07) is 7.50. The first-order chi connectivity index (χ1) is 11.5. The molecule has 7 heteroatoms. The van der Waals surface area contributed by atoms with E-state index in [1.807, 2.05) is 36.1 Å². The van der Waals surface area contributed by atoms with Crippen molar-refractivity contribution in [1.82, 2.24) is 10.5 Å². The number of hydrogen-bond donors (Lipinski definition) is 2. The molecule has 24 heavy (non-hydrogen) atoms. The Balaban J connectivity index is 1.75. The lowest BCUT2D eigenvalue weighted by atomic mass is 10.1. The minimum atomic E-state index is -0.140. The summed E-state index contributed by atoms with van der Waals surface area (Å²) in [7, 11) is 0. The smallest absolute Gasteiger partial charge is 0.239 e. The fraction of sp³-hybridized carbons (Fsp3) is 0.353. The third-order valence-corrected chi connectivity index (χ3v) is 4.08. The number of carbonyl (C=O) groups is 2. The predicted octanol–water partition coefficient (Wildman–Crippen LogP) is 1.41. The summed E-state index contributed by atoms with van der Waals surface area (Å²) in [5, 5.41) is 9.60. The molecule has 0 saturated carbocycles. The summed E-state index contributed by atoms with van der Waals surface area (Å²) >= 11 is 0. The van der Waals surface area contributed by atoms with Gasteiger partial charge < -0.3 is 20.1 Å². The molecule has 0 unspecified atom stereocenters. The Morgan fingerprint density at radius 1 is 1.38 bits per heavy atom. The maximum absolute atomic E-state index is 12.4. The highest BCUT2D eigenvalue weighted by molar-refractivity contribution is 5.96. The van der Waals surface area contributed by atoms with Crippen molar-refractivity contribution in [3.8, 4) is 0 Å². The van der Waals surface area contributed by atoms with Gasteiger partial charge in [-0.25, -0.2) is 0 Å². The van der Waals surface area contributed by atoms with Gasteiger partial charge in [0.25, 0.3) is 0 Å². The molecule has 1 aromatic carbocycles. The first-order valence-electron chi connectivity index (χ1n) is 7.87. The molecule has 7 nitrogen and oxygen atoms in total. The average Bonchev–Trinajstić information content (AvgIpc) is 2.87. The van der Waals surface area contributed by atoms with E-state index in [2.05, 4.69) is 15.8 Å². The summed E-state index contributed by atoms with van der Waals surface area (Å²) in [6.45, 7) is 5.21. The molecule has 3 rings (SSSR count). The van der Waals surface area contributed by atoms with Crippen LogP contribution in [0.25, 0.3) is 0 Å². The third-order valence-electron chi connectivity index (χ3n) is 4.08. The van der Waals surface area contributed by atoms with Crippen LogP contribution in [0.15, 0.2) is 28.8 Å². The minimum absolute atomic E-state index is 0.0156. The van der Waals surface area contributed by atoms with Gasteiger partial charge in [-0.15, -0.1) is 0 Å². The Hall–Kier alpha value is -2.83. The van der Waals surface area contributed by atoms with Gasteiger partial charge >= 0.3 is 0 Å². The second-order valence-electron chi connectivity index (χ2n) is 5.82. The van der Waals surface area contributed by atoms with Gasteiger partial charge in [-0.05, 0) is 26.0 Å². The SMILES string of the molecule is Cc1noc(C)c1CC(=O)Nc1ccccc1N1CCNC(=O)C1. The zero-order valence-corrected chi connectivity index (χ0v) is 13.8. The molecule has 0 radical (unpaired) electrons. The van der Waals surface area contributed by atoms with E-state index in [-0.39, 0.29) is 24.8 Å². The largest absolute Gasteiger partial charge is 0.361 e. The maximum atomic E-state index is 12.4. The number of aryl methyl sites for hydroxylation is 2. The van der Waals surface area contributed by atoms with Crippen molar-refractivity contribution in [3.63, 3.8) is 0 Å². The molecule has 2 amide bonds. The summed E-state index contributed by atoms with van der Waals surface area (Å²) < 4.78 is 5.09. The fourth-order valence-corrected chi connectivity index (χ4v) is 2.81. The average molecular weight is 328 g/mol. The summed E-state index contributed by atoms with van der Waals surface area (Å²) in [5.41, 5.74) is 3.08. The topological polar surface area (TPSA) is 87.5 Å². The van der Waals surface area contributed by atoms with Crippen molar-refractivity contribution in [3.05, 3.63) is 41.3 Å². The lowest BCUT2D eigenvalue weighted by Crippen LogP contribution is -2.47. The van der Waals surface area contributed by atoms with Gasteiger partial charge in [-0.3, -0.25) is 9.59 Å². The monoisotopic (exact) mass is 328 g/mol. The van der Waals surface area contributed by atoms with Crippen molar-refractivity contribution in [2.45, 2.75) is 20.3 Å². The van der Waals surface area contributed by atoms with E-state index < -0.39 is 0 Å². The van der Waals surface area contributed by atoms with Crippen LogP contribution in [0.1, 0.15) is 17.0 Å². The standard InChI is InChI=1S/C17H20N4O3/c1-11-13(12(2)24-20-11)9-16(22)19-14-5-3-4-6-15(14)21-8-7-18-17(23)10-21/h3-6H,7-10H2,1-2H3,(H,18,23)(H,19,22). The first-order valence-corrected chi connectivity index (χ1v) is 7.87. The summed E-state index contributed by atoms with van der Waals surface area (Å²) in [4.78, 5) is 26.0. The number of anilines is 2. The van der Waals surface area contributed by atoms with Crippen LogP contribution in [0.2, 0.25) is 0 Å². The summed E-state index contributed by atoms with van der Waals surface area (Å²) in [6.07, 6.45) is 0.204. The Kier molecular flexibility index (Phi) is 4.50. The highest BCUT2D eigenvalue weighted by Crippen LogP contribution is 2.26. The molecule has 1 saturated heterocycles. The van der Waals surface area contributed by atoms with Crippen molar-refractivity contribution >= 4 is 23.2 Å². The van der Waals surface area contributed by atoms with E-state index in [1.165, 1.54) is 0 Å². The number of nitrogens with zero attached hydrogens (tertiary/aromatic N) is 2. The molecular weight excluding hydrogens is 308 g/mol. The fourth-order valence-electron chi connectivity index (χ4n) is 2.81. The van der Waals surface area contributed by atoms with Gasteiger partial charge in [0.15, 0.2) is 0 Å². The molecule has 2 N–H and O–H groups in total. The molecule has 0 atom stereocenters. The van der Waals surface area contributed by atoms with E-state index in [4.69, 9.17) is 4.52 Å². The Bertz CT molecular complexity index is 749. The maximum Gasteiger partial charge on any atom is 0.239 e. The molecule has 2 aromatic rings. The number of piperazine rings is 1. The first kappa shape index (κ1) is 16.0. The molecule has 0 bridgehead atoms. The van der Waals surface area contributed by atoms with Gasteiger partial charge in [-0.1, -0.05) is 17.3 Å². The quantitative estimate of drug-likeness (QED) is 0.886. The van der Waals surface area contributed by atoms with E-state index in [1.54, 1.807) is 6.92 Å². The molecule has 1 aromatic heterocycles. The van der Waals surface area contributed by atoms with Crippen LogP contribution in [0, 0.1) is 13.8 Å². The number of nitrogens with one attached hydrogen (secondary N) is 2. The predicted molar refractivity (Wildman–Crippen MR) is 90.0 cm³/mol. The number of carbonyl (C=O) groups excluding carboxylic acids is 2. The van der Waals surface area contributed by atoms with Gasteiger partial charge in [0.1, 0.15) is 5.76 Å². The van der Waals surface area contributed by atoms with Gasteiger partial charge in [0.05, 0.1) is 30.0 Å². The molecule has 1 aliphatic rings. The van der Waals surface area contributed by atoms with Crippen LogP contribution in [0.3, 0.4) is 0 Å². The van der Waals surface area contributed by atoms with E-state index in [9.17, 15) is 9.59 Å². The molecule has 2 heterocycles. The lowest BCUT2D eigenvalue weighted by Gasteiger charge is -2.30. The van der Waals surface area contributed by atoms with E-state index in [0.29, 0.717) is 24.5 Å². The Morgan fingerprint density at radius 3 is 2.88 bits per heavy atom. The Morgan fingerprint density at radius 2 is 2.17 bits per heavy atom.